The van der Waals surface area contributed by atoms with Crippen molar-refractivity contribution < 1.29 is 0 Å². The molecule has 3 heteroatoms. The minimum Gasteiger partial charge on any atom is -0.324 e. The van der Waals surface area contributed by atoms with Crippen LogP contribution in [0.15, 0.2) is 18.2 Å². The summed E-state index contributed by atoms with van der Waals surface area (Å²) in [5.41, 5.74) is 3.50. The molecule has 0 spiro atoms. The number of nitrogens with zero attached hydrogens (tertiary/aromatic N) is 2. The van der Waals surface area contributed by atoms with Gasteiger partial charge in [0.2, 0.25) is 0 Å². The Hall–Kier alpha value is -1.02. The van der Waals surface area contributed by atoms with E-state index in [9.17, 15) is 0 Å². The highest BCUT2D eigenvalue weighted by molar-refractivity contribution is 6.16. The summed E-state index contributed by atoms with van der Waals surface area (Å²) in [6, 6.07) is 6.86. The van der Waals surface area contributed by atoms with Gasteiger partial charge >= 0.3 is 0 Å². The van der Waals surface area contributed by atoms with E-state index < -0.39 is 0 Å². The zero-order chi connectivity index (χ0) is 13.3. The largest absolute Gasteiger partial charge is 0.324 e. The summed E-state index contributed by atoms with van der Waals surface area (Å²) in [6.07, 6.45) is 1.14. The van der Waals surface area contributed by atoms with Crippen molar-refractivity contribution in [2.45, 2.75) is 46.0 Å². The lowest BCUT2D eigenvalue weighted by Crippen LogP contribution is -2.10. The number of aromatic nitrogens is 2. The van der Waals surface area contributed by atoms with Gasteiger partial charge in [-0.2, -0.15) is 0 Å². The molecular formula is C15H21ClN2. The maximum Gasteiger partial charge on any atom is 0.125 e. The molecule has 2 nitrogen and oxygen atoms in total. The van der Waals surface area contributed by atoms with Crippen molar-refractivity contribution in [3.8, 4) is 0 Å². The summed E-state index contributed by atoms with van der Waals surface area (Å²) in [6.45, 7) is 8.84. The molecule has 0 fully saturated rings. The summed E-state index contributed by atoms with van der Waals surface area (Å²) in [7, 11) is 0. The van der Waals surface area contributed by atoms with E-state index in [2.05, 4.69) is 55.4 Å². The molecule has 2 aromatic rings. The van der Waals surface area contributed by atoms with E-state index in [0.717, 1.165) is 17.8 Å². The highest BCUT2D eigenvalue weighted by Crippen LogP contribution is 2.26. The van der Waals surface area contributed by atoms with Crippen molar-refractivity contribution in [2.24, 2.45) is 5.92 Å². The van der Waals surface area contributed by atoms with E-state index in [4.69, 9.17) is 11.6 Å². The Labute approximate surface area is 114 Å². The van der Waals surface area contributed by atoms with Crippen LogP contribution in [-0.2, 0) is 5.88 Å². The second kappa shape index (κ2) is 5.31. The van der Waals surface area contributed by atoms with Crippen LogP contribution >= 0.6 is 11.6 Å². The van der Waals surface area contributed by atoms with E-state index in [0.29, 0.717) is 17.8 Å². The van der Waals surface area contributed by atoms with Gasteiger partial charge in [0.05, 0.1) is 16.9 Å². The minimum atomic E-state index is 0.437. The van der Waals surface area contributed by atoms with Gasteiger partial charge in [-0.05, 0) is 43.9 Å². The van der Waals surface area contributed by atoms with Gasteiger partial charge in [0, 0.05) is 6.04 Å². The summed E-state index contributed by atoms with van der Waals surface area (Å²) < 4.78 is 2.29. The average molecular weight is 265 g/mol. The number of hydrogen-bond acceptors (Lipinski definition) is 1. The first-order chi connectivity index (χ1) is 8.52. The molecule has 1 unspecified atom stereocenters. The number of hydrogen-bond donors (Lipinski definition) is 0. The van der Waals surface area contributed by atoms with Crippen molar-refractivity contribution >= 4 is 22.6 Å². The average Bonchev–Trinajstić information content (AvgIpc) is 2.65. The van der Waals surface area contributed by atoms with Crippen molar-refractivity contribution in [1.82, 2.24) is 9.55 Å². The highest BCUT2D eigenvalue weighted by atomic mass is 35.5. The van der Waals surface area contributed by atoms with E-state index in [1.807, 2.05) is 0 Å². The smallest absolute Gasteiger partial charge is 0.125 e. The van der Waals surface area contributed by atoms with E-state index in [-0.39, 0.29) is 0 Å². The molecule has 1 aromatic carbocycles. The highest BCUT2D eigenvalue weighted by Gasteiger charge is 2.16. The lowest BCUT2D eigenvalue weighted by Gasteiger charge is -2.19. The third kappa shape index (κ3) is 2.54. The Morgan fingerprint density at radius 3 is 2.61 bits per heavy atom. The minimum absolute atomic E-state index is 0.437. The first-order valence-corrected chi connectivity index (χ1v) is 7.09. The molecule has 1 atom stereocenters. The Bertz CT molecular complexity index is 543. The molecule has 2 rings (SSSR count). The number of fused-ring (bicyclic) bond motifs is 1. The van der Waals surface area contributed by atoms with Gasteiger partial charge in [-0.25, -0.2) is 4.98 Å². The second-order valence-electron chi connectivity index (χ2n) is 5.50. The third-order valence-electron chi connectivity index (χ3n) is 3.29. The zero-order valence-corrected chi connectivity index (χ0v) is 12.3. The van der Waals surface area contributed by atoms with Gasteiger partial charge in [-0.15, -0.1) is 11.6 Å². The molecule has 0 saturated carbocycles. The molecule has 0 aliphatic rings. The van der Waals surface area contributed by atoms with Crippen LogP contribution in [0.3, 0.4) is 0 Å². The van der Waals surface area contributed by atoms with Crippen molar-refractivity contribution in [1.29, 1.82) is 0 Å². The summed E-state index contributed by atoms with van der Waals surface area (Å²) >= 11 is 6.04. The monoisotopic (exact) mass is 264 g/mol. The predicted octanol–water partition coefficient (Wildman–Crippen LogP) is 4.69. The maximum atomic E-state index is 6.04. The van der Waals surface area contributed by atoms with Crippen LogP contribution in [0.2, 0.25) is 0 Å². The van der Waals surface area contributed by atoms with Gasteiger partial charge in [0.1, 0.15) is 5.82 Å². The predicted molar refractivity (Wildman–Crippen MR) is 78.2 cm³/mol. The van der Waals surface area contributed by atoms with E-state index in [1.54, 1.807) is 0 Å². The lowest BCUT2D eigenvalue weighted by molar-refractivity contribution is 0.428. The van der Waals surface area contributed by atoms with Crippen LogP contribution in [0.5, 0.6) is 0 Å². The number of benzene rings is 1. The first kappa shape index (κ1) is 13.4. The molecule has 1 heterocycles. The SMILES string of the molecule is Cc1ccc2c(c1)nc(CCl)n2C(C)CC(C)C. The fourth-order valence-electron chi connectivity index (χ4n) is 2.63. The van der Waals surface area contributed by atoms with Crippen LogP contribution in [0.1, 0.15) is 44.6 Å². The number of halogens is 1. The second-order valence-corrected chi connectivity index (χ2v) is 5.77. The molecule has 0 amide bonds. The molecular weight excluding hydrogens is 244 g/mol. The van der Waals surface area contributed by atoms with E-state index >= 15 is 0 Å². The van der Waals surface area contributed by atoms with Crippen LogP contribution in [0, 0.1) is 12.8 Å². The molecule has 0 bridgehead atoms. The molecule has 0 radical (unpaired) electrons. The van der Waals surface area contributed by atoms with Crippen molar-refractivity contribution in [3.05, 3.63) is 29.6 Å². The topological polar surface area (TPSA) is 17.8 Å². The van der Waals surface area contributed by atoms with Gasteiger partial charge in [0.15, 0.2) is 0 Å². The van der Waals surface area contributed by atoms with E-state index in [1.165, 1.54) is 11.1 Å². The fourth-order valence-corrected chi connectivity index (χ4v) is 2.82. The number of aryl methyl sites for hydroxylation is 1. The van der Waals surface area contributed by atoms with Crippen molar-refractivity contribution in [2.75, 3.05) is 0 Å². The van der Waals surface area contributed by atoms with Gasteiger partial charge in [-0.1, -0.05) is 19.9 Å². The van der Waals surface area contributed by atoms with Crippen molar-refractivity contribution in [3.63, 3.8) is 0 Å². The maximum absolute atomic E-state index is 6.04. The van der Waals surface area contributed by atoms with Crippen LogP contribution in [0.4, 0.5) is 0 Å². The first-order valence-electron chi connectivity index (χ1n) is 6.56. The molecule has 0 N–H and O–H groups in total. The molecule has 0 aliphatic carbocycles. The summed E-state index contributed by atoms with van der Waals surface area (Å²) in [4.78, 5) is 4.65. The van der Waals surface area contributed by atoms with Crippen LogP contribution in [-0.4, -0.2) is 9.55 Å². The Morgan fingerprint density at radius 2 is 2.00 bits per heavy atom. The molecule has 0 aliphatic heterocycles. The molecule has 98 valence electrons. The molecule has 1 aromatic heterocycles. The normalized spacial score (nSPS) is 13.4. The van der Waals surface area contributed by atoms with Gasteiger partial charge in [-0.3, -0.25) is 0 Å². The van der Waals surface area contributed by atoms with Gasteiger partial charge in [0.25, 0.3) is 0 Å². The fraction of sp³-hybridized carbons (Fsp3) is 0.533. The molecule has 18 heavy (non-hydrogen) atoms. The Balaban J connectivity index is 2.53. The standard InChI is InChI=1S/C15H21ClN2/c1-10(2)7-12(4)18-14-6-5-11(3)8-13(14)17-15(18)9-16/h5-6,8,10,12H,7,9H2,1-4H3. The number of imidazole rings is 1. The molecule has 0 saturated heterocycles. The van der Waals surface area contributed by atoms with Crippen LogP contribution in [0.25, 0.3) is 11.0 Å². The van der Waals surface area contributed by atoms with Crippen LogP contribution < -0.4 is 0 Å². The third-order valence-corrected chi connectivity index (χ3v) is 3.53. The Morgan fingerprint density at radius 1 is 1.28 bits per heavy atom. The number of alkyl halides is 1. The number of rotatable bonds is 4. The zero-order valence-electron chi connectivity index (χ0n) is 11.6. The summed E-state index contributed by atoms with van der Waals surface area (Å²) in [5, 5.41) is 0. The summed E-state index contributed by atoms with van der Waals surface area (Å²) in [5.74, 6) is 2.12. The Kier molecular flexibility index (Phi) is 3.96. The quantitative estimate of drug-likeness (QED) is 0.733. The lowest BCUT2D eigenvalue weighted by atomic mass is 10.0. The van der Waals surface area contributed by atoms with Gasteiger partial charge < -0.3 is 4.57 Å².